The van der Waals surface area contributed by atoms with Gasteiger partial charge in [-0.3, -0.25) is 0 Å². The maximum Gasteiger partial charge on any atom is 0.244 e. The van der Waals surface area contributed by atoms with Crippen LogP contribution in [0.15, 0.2) is 12.3 Å². The van der Waals surface area contributed by atoms with Gasteiger partial charge < -0.3 is 23.7 Å². The molecule has 0 aromatic carbocycles. The molecule has 0 N–H and O–H groups in total. The zero-order chi connectivity index (χ0) is 11.4. The Kier molecular flexibility index (Phi) is 2.10. The van der Waals surface area contributed by atoms with E-state index in [0.29, 0.717) is 6.42 Å². The molecule has 0 aliphatic carbocycles. The third-order valence-corrected chi connectivity index (χ3v) is 3.14. The Morgan fingerprint density at radius 1 is 1.25 bits per heavy atom. The van der Waals surface area contributed by atoms with E-state index in [0.717, 1.165) is 0 Å². The second-order valence-electron chi connectivity index (χ2n) is 4.75. The maximum absolute atomic E-state index is 5.85. The molecule has 0 saturated carbocycles. The van der Waals surface area contributed by atoms with Gasteiger partial charge in [0.15, 0.2) is 18.2 Å². The van der Waals surface area contributed by atoms with Gasteiger partial charge in [0.1, 0.15) is 6.10 Å². The lowest BCUT2D eigenvalue weighted by molar-refractivity contribution is -0.301. The molecule has 3 aliphatic rings. The van der Waals surface area contributed by atoms with Crippen molar-refractivity contribution in [2.24, 2.45) is 0 Å². The van der Waals surface area contributed by atoms with Crippen LogP contribution in [-0.2, 0) is 23.7 Å². The lowest BCUT2D eigenvalue weighted by Crippen LogP contribution is -2.42. The Balaban J connectivity index is 1.89. The number of fused-ring (bicyclic) bond motifs is 2. The topological polar surface area (TPSA) is 46.2 Å². The molecule has 0 bridgehead atoms. The number of methoxy groups -OCH3 is 1. The quantitative estimate of drug-likeness (QED) is 0.673. The van der Waals surface area contributed by atoms with Gasteiger partial charge in [0.25, 0.3) is 0 Å². The number of ether oxygens (including phenoxy) is 5. The Bertz CT molecular complexity index is 316. The van der Waals surface area contributed by atoms with Gasteiger partial charge in [-0.05, 0) is 19.9 Å². The van der Waals surface area contributed by atoms with Crippen LogP contribution in [0, 0.1) is 0 Å². The molecule has 0 radical (unpaired) electrons. The highest BCUT2D eigenvalue weighted by atomic mass is 16.9. The SMILES string of the molecule is CO[C@@H]1O[C@]2(CC=CO2)C2OC(C)(C)OC21. The summed E-state index contributed by atoms with van der Waals surface area (Å²) in [7, 11) is 1.60. The van der Waals surface area contributed by atoms with E-state index < -0.39 is 17.9 Å². The average molecular weight is 228 g/mol. The standard InChI is InChI=1S/C11H16O5/c1-10(2)14-7-8(15-10)11(5-4-6-13-11)16-9(7)12-3/h4,6-9H,5H2,1-3H3/t7?,8?,9-,11-/m1/s1. The molecule has 5 nitrogen and oxygen atoms in total. The molecule has 1 spiro atoms. The van der Waals surface area contributed by atoms with Crippen LogP contribution in [0.25, 0.3) is 0 Å². The van der Waals surface area contributed by atoms with Crippen molar-refractivity contribution in [1.29, 1.82) is 0 Å². The van der Waals surface area contributed by atoms with E-state index in [1.54, 1.807) is 13.4 Å². The van der Waals surface area contributed by atoms with Crippen LogP contribution in [0.2, 0.25) is 0 Å². The minimum absolute atomic E-state index is 0.236. The minimum atomic E-state index is -0.765. The summed E-state index contributed by atoms with van der Waals surface area (Å²) >= 11 is 0. The zero-order valence-corrected chi connectivity index (χ0v) is 9.64. The van der Waals surface area contributed by atoms with Crippen LogP contribution >= 0.6 is 0 Å². The molecule has 2 saturated heterocycles. The smallest absolute Gasteiger partial charge is 0.244 e. The Hall–Kier alpha value is -0.620. The Morgan fingerprint density at radius 2 is 2.06 bits per heavy atom. The lowest BCUT2D eigenvalue weighted by Gasteiger charge is -2.29. The third-order valence-electron chi connectivity index (χ3n) is 3.14. The van der Waals surface area contributed by atoms with Crippen molar-refractivity contribution in [3.05, 3.63) is 12.3 Å². The first-order chi connectivity index (χ1) is 7.56. The fraction of sp³-hybridized carbons (Fsp3) is 0.818. The molecule has 90 valence electrons. The second kappa shape index (κ2) is 3.20. The molecule has 5 heteroatoms. The van der Waals surface area contributed by atoms with Gasteiger partial charge in [-0.1, -0.05) is 0 Å². The highest BCUT2D eigenvalue weighted by Gasteiger charge is 2.65. The van der Waals surface area contributed by atoms with E-state index in [1.165, 1.54) is 0 Å². The predicted octanol–water partition coefficient (Wildman–Crippen LogP) is 1.14. The molecule has 3 heterocycles. The van der Waals surface area contributed by atoms with Crippen molar-refractivity contribution in [2.45, 2.75) is 50.3 Å². The van der Waals surface area contributed by atoms with Crippen molar-refractivity contribution < 1.29 is 23.7 Å². The summed E-state index contributed by atoms with van der Waals surface area (Å²) in [5.74, 6) is -1.38. The predicted molar refractivity (Wildman–Crippen MR) is 53.3 cm³/mol. The van der Waals surface area contributed by atoms with Crippen molar-refractivity contribution in [1.82, 2.24) is 0 Å². The normalized spacial score (nSPS) is 48.6. The van der Waals surface area contributed by atoms with Crippen molar-refractivity contribution in [2.75, 3.05) is 7.11 Å². The first kappa shape index (κ1) is 10.5. The van der Waals surface area contributed by atoms with Gasteiger partial charge in [-0.2, -0.15) is 0 Å². The molecule has 4 atom stereocenters. The molecule has 2 unspecified atom stereocenters. The molecular formula is C11H16O5. The van der Waals surface area contributed by atoms with Gasteiger partial charge >= 0.3 is 0 Å². The van der Waals surface area contributed by atoms with Crippen molar-refractivity contribution in [3.63, 3.8) is 0 Å². The summed E-state index contributed by atoms with van der Waals surface area (Å²) in [5.41, 5.74) is 0. The van der Waals surface area contributed by atoms with Crippen LogP contribution in [0.4, 0.5) is 0 Å². The summed E-state index contributed by atoms with van der Waals surface area (Å²) in [6.45, 7) is 3.77. The Morgan fingerprint density at radius 3 is 2.69 bits per heavy atom. The molecule has 0 amide bonds. The van der Waals surface area contributed by atoms with E-state index in [9.17, 15) is 0 Å². The van der Waals surface area contributed by atoms with Gasteiger partial charge in [0.2, 0.25) is 5.79 Å². The summed E-state index contributed by atoms with van der Waals surface area (Å²) in [4.78, 5) is 0. The van der Waals surface area contributed by atoms with E-state index in [2.05, 4.69) is 0 Å². The molecule has 3 rings (SSSR count). The van der Waals surface area contributed by atoms with Crippen LogP contribution < -0.4 is 0 Å². The van der Waals surface area contributed by atoms with Gasteiger partial charge in [0.05, 0.1) is 6.26 Å². The number of hydrogen-bond acceptors (Lipinski definition) is 5. The summed E-state index contributed by atoms with van der Waals surface area (Å²) in [6.07, 6.45) is 3.30. The number of hydrogen-bond donors (Lipinski definition) is 0. The highest BCUT2D eigenvalue weighted by molar-refractivity contribution is 5.07. The van der Waals surface area contributed by atoms with Crippen molar-refractivity contribution in [3.8, 4) is 0 Å². The molecule has 16 heavy (non-hydrogen) atoms. The van der Waals surface area contributed by atoms with E-state index in [4.69, 9.17) is 23.7 Å². The molecular weight excluding hydrogens is 212 g/mol. The first-order valence-electron chi connectivity index (χ1n) is 5.45. The average Bonchev–Trinajstić information content (AvgIpc) is 2.85. The molecule has 0 aromatic rings. The monoisotopic (exact) mass is 228 g/mol. The van der Waals surface area contributed by atoms with Gasteiger partial charge in [-0.25, -0.2) is 0 Å². The van der Waals surface area contributed by atoms with Crippen molar-refractivity contribution >= 4 is 0 Å². The second-order valence-corrected chi connectivity index (χ2v) is 4.75. The summed E-state index contributed by atoms with van der Waals surface area (Å²) in [6, 6.07) is 0. The van der Waals surface area contributed by atoms with Crippen LogP contribution in [0.3, 0.4) is 0 Å². The molecule has 0 aromatic heterocycles. The fourth-order valence-electron chi connectivity index (χ4n) is 2.52. The highest BCUT2D eigenvalue weighted by Crippen LogP contribution is 2.48. The fourth-order valence-corrected chi connectivity index (χ4v) is 2.52. The molecule has 2 fully saturated rings. The largest absolute Gasteiger partial charge is 0.467 e. The lowest BCUT2D eigenvalue weighted by atomic mass is 10.1. The van der Waals surface area contributed by atoms with Crippen LogP contribution in [-0.4, -0.2) is 37.2 Å². The van der Waals surface area contributed by atoms with E-state index in [1.807, 2.05) is 19.9 Å². The first-order valence-corrected chi connectivity index (χ1v) is 5.45. The molecule has 3 aliphatic heterocycles. The minimum Gasteiger partial charge on any atom is -0.467 e. The Labute approximate surface area is 94.2 Å². The van der Waals surface area contributed by atoms with Gasteiger partial charge in [-0.15, -0.1) is 0 Å². The van der Waals surface area contributed by atoms with E-state index in [-0.39, 0.29) is 12.2 Å². The van der Waals surface area contributed by atoms with E-state index >= 15 is 0 Å². The summed E-state index contributed by atoms with van der Waals surface area (Å²) in [5, 5.41) is 0. The third kappa shape index (κ3) is 1.32. The zero-order valence-electron chi connectivity index (χ0n) is 9.64. The van der Waals surface area contributed by atoms with Crippen LogP contribution in [0.1, 0.15) is 20.3 Å². The van der Waals surface area contributed by atoms with Gasteiger partial charge in [0, 0.05) is 13.5 Å². The van der Waals surface area contributed by atoms with Crippen LogP contribution in [0.5, 0.6) is 0 Å². The maximum atomic E-state index is 5.85. The summed E-state index contributed by atoms with van der Waals surface area (Å²) < 4.78 is 28.2. The number of rotatable bonds is 1.